The number of hydrogen-bond acceptors (Lipinski definition) is 4. The van der Waals surface area contributed by atoms with Gasteiger partial charge in [0.05, 0.1) is 0 Å². The van der Waals surface area contributed by atoms with E-state index < -0.39 is 12.2 Å². The van der Waals surface area contributed by atoms with Crippen LogP contribution in [0.25, 0.3) is 0 Å². The van der Waals surface area contributed by atoms with E-state index in [-0.39, 0.29) is 12.4 Å². The van der Waals surface area contributed by atoms with Gasteiger partial charge >= 0.3 is 0 Å². The Bertz CT molecular complexity index is 568. The van der Waals surface area contributed by atoms with Crippen molar-refractivity contribution in [2.75, 3.05) is 6.61 Å². The molecule has 0 spiro atoms. The number of hydrogen-bond donors (Lipinski definition) is 2. The van der Waals surface area contributed by atoms with Crippen LogP contribution in [0.2, 0.25) is 0 Å². The fourth-order valence-corrected chi connectivity index (χ4v) is 2.13. The molecule has 2 unspecified atom stereocenters. The number of para-hydroxylation sites is 1. The zero-order valence-corrected chi connectivity index (χ0v) is 10.2. The summed E-state index contributed by atoms with van der Waals surface area (Å²) in [5.41, 5.74) is 0.548. The number of rotatable bonds is 2. The van der Waals surface area contributed by atoms with Crippen LogP contribution in [-0.2, 0) is 0 Å². The van der Waals surface area contributed by atoms with Gasteiger partial charge in [0, 0.05) is 5.56 Å². The van der Waals surface area contributed by atoms with E-state index in [9.17, 15) is 10.2 Å². The lowest BCUT2D eigenvalue weighted by atomic mass is 10.0. The molecular formula is C15H14O4. The van der Waals surface area contributed by atoms with Gasteiger partial charge < -0.3 is 19.7 Å². The van der Waals surface area contributed by atoms with Crippen LogP contribution in [0.15, 0.2) is 48.5 Å². The quantitative estimate of drug-likeness (QED) is 0.867. The highest BCUT2D eigenvalue weighted by atomic mass is 16.5. The van der Waals surface area contributed by atoms with E-state index in [2.05, 4.69) is 0 Å². The standard InChI is InChI=1S/C15H14O4/c16-10-6-7-13-12(8-10)15(17)14(9-18-13)19-11-4-2-1-3-5-11/h1-8,14-17H,9H2. The largest absolute Gasteiger partial charge is 0.508 e. The van der Waals surface area contributed by atoms with Crippen LogP contribution in [0.3, 0.4) is 0 Å². The molecular weight excluding hydrogens is 244 g/mol. The number of fused-ring (bicyclic) bond motifs is 1. The molecule has 3 rings (SSSR count). The first-order valence-electron chi connectivity index (χ1n) is 6.09. The lowest BCUT2D eigenvalue weighted by Gasteiger charge is -2.30. The molecule has 0 aromatic heterocycles. The molecule has 0 fully saturated rings. The van der Waals surface area contributed by atoms with Crippen LogP contribution < -0.4 is 9.47 Å². The second-order valence-electron chi connectivity index (χ2n) is 4.45. The molecule has 2 aromatic rings. The summed E-state index contributed by atoms with van der Waals surface area (Å²) in [6.07, 6.45) is -1.31. The molecule has 2 atom stereocenters. The SMILES string of the molecule is Oc1ccc2c(c1)C(O)C(Oc1ccccc1)CO2. The first kappa shape index (κ1) is 11.9. The molecule has 0 bridgehead atoms. The van der Waals surface area contributed by atoms with Gasteiger partial charge in [-0.3, -0.25) is 0 Å². The van der Waals surface area contributed by atoms with E-state index in [1.54, 1.807) is 6.07 Å². The minimum atomic E-state index is -0.823. The molecule has 2 aromatic carbocycles. The van der Waals surface area contributed by atoms with Crippen molar-refractivity contribution in [1.29, 1.82) is 0 Å². The fourth-order valence-electron chi connectivity index (χ4n) is 2.13. The van der Waals surface area contributed by atoms with Crippen molar-refractivity contribution in [2.24, 2.45) is 0 Å². The molecule has 0 radical (unpaired) electrons. The summed E-state index contributed by atoms with van der Waals surface area (Å²) in [6, 6.07) is 14.0. The third-order valence-electron chi connectivity index (χ3n) is 3.10. The number of phenols is 1. The number of ether oxygens (including phenoxy) is 2. The Kier molecular flexibility index (Phi) is 3.01. The molecule has 2 N–H and O–H groups in total. The molecule has 4 nitrogen and oxygen atoms in total. The maximum atomic E-state index is 10.3. The zero-order valence-electron chi connectivity index (χ0n) is 10.2. The predicted molar refractivity (Wildman–Crippen MR) is 69.4 cm³/mol. The summed E-state index contributed by atoms with van der Waals surface area (Å²) in [6.45, 7) is 0.272. The molecule has 1 aliphatic rings. The molecule has 0 aliphatic carbocycles. The van der Waals surface area contributed by atoms with E-state index in [4.69, 9.17) is 9.47 Å². The smallest absolute Gasteiger partial charge is 0.163 e. The van der Waals surface area contributed by atoms with Crippen molar-refractivity contribution in [3.05, 3.63) is 54.1 Å². The lowest BCUT2D eigenvalue weighted by molar-refractivity contribution is -0.0104. The molecule has 19 heavy (non-hydrogen) atoms. The minimum absolute atomic E-state index is 0.0989. The Morgan fingerprint density at radius 1 is 1.11 bits per heavy atom. The summed E-state index contributed by atoms with van der Waals surface area (Å²) in [7, 11) is 0. The summed E-state index contributed by atoms with van der Waals surface area (Å²) in [4.78, 5) is 0. The topological polar surface area (TPSA) is 58.9 Å². The first-order chi connectivity index (χ1) is 9.24. The molecule has 1 heterocycles. The van der Waals surface area contributed by atoms with Gasteiger partial charge in [-0.05, 0) is 30.3 Å². The third kappa shape index (κ3) is 2.35. The van der Waals surface area contributed by atoms with Gasteiger partial charge in [0.15, 0.2) is 6.10 Å². The predicted octanol–water partition coefficient (Wildman–Crippen LogP) is 2.27. The number of phenolic OH excluding ortho intramolecular Hbond substituents is 1. The van der Waals surface area contributed by atoms with E-state index in [1.807, 2.05) is 30.3 Å². The Morgan fingerprint density at radius 3 is 2.68 bits per heavy atom. The Balaban J connectivity index is 1.83. The number of aliphatic hydroxyl groups is 1. The maximum Gasteiger partial charge on any atom is 0.163 e. The number of aliphatic hydroxyl groups excluding tert-OH is 1. The van der Waals surface area contributed by atoms with Gasteiger partial charge in [-0.15, -0.1) is 0 Å². The summed E-state index contributed by atoms with van der Waals surface area (Å²) >= 11 is 0. The van der Waals surface area contributed by atoms with E-state index in [0.29, 0.717) is 17.1 Å². The van der Waals surface area contributed by atoms with Crippen LogP contribution in [0.5, 0.6) is 17.2 Å². The second-order valence-corrected chi connectivity index (χ2v) is 4.45. The average molecular weight is 258 g/mol. The first-order valence-corrected chi connectivity index (χ1v) is 6.09. The van der Waals surface area contributed by atoms with Gasteiger partial charge in [0.1, 0.15) is 30.0 Å². The lowest BCUT2D eigenvalue weighted by Crippen LogP contribution is -2.35. The normalized spacial score (nSPS) is 21.3. The van der Waals surface area contributed by atoms with E-state index in [0.717, 1.165) is 0 Å². The van der Waals surface area contributed by atoms with Crippen molar-refractivity contribution >= 4 is 0 Å². The van der Waals surface area contributed by atoms with Crippen molar-refractivity contribution in [1.82, 2.24) is 0 Å². The van der Waals surface area contributed by atoms with Gasteiger partial charge in [0.2, 0.25) is 0 Å². The molecule has 0 saturated carbocycles. The van der Waals surface area contributed by atoms with Gasteiger partial charge in [-0.1, -0.05) is 18.2 Å². The summed E-state index contributed by atoms with van der Waals surface area (Å²) in [5.74, 6) is 1.36. The summed E-state index contributed by atoms with van der Waals surface area (Å²) in [5, 5.41) is 19.8. The highest BCUT2D eigenvalue weighted by Crippen LogP contribution is 2.35. The highest BCUT2D eigenvalue weighted by Gasteiger charge is 2.31. The second kappa shape index (κ2) is 4.82. The summed E-state index contributed by atoms with van der Waals surface area (Å²) < 4.78 is 11.2. The van der Waals surface area contributed by atoms with Crippen molar-refractivity contribution in [3.63, 3.8) is 0 Å². The van der Waals surface area contributed by atoms with Crippen LogP contribution in [0.1, 0.15) is 11.7 Å². The van der Waals surface area contributed by atoms with Crippen molar-refractivity contribution < 1.29 is 19.7 Å². The minimum Gasteiger partial charge on any atom is -0.508 e. The Hall–Kier alpha value is -2.20. The fraction of sp³-hybridized carbons (Fsp3) is 0.200. The van der Waals surface area contributed by atoms with Gasteiger partial charge in [-0.25, -0.2) is 0 Å². The average Bonchev–Trinajstić information content (AvgIpc) is 2.44. The number of benzene rings is 2. The van der Waals surface area contributed by atoms with Crippen LogP contribution in [0.4, 0.5) is 0 Å². The molecule has 4 heteroatoms. The molecule has 1 aliphatic heterocycles. The zero-order chi connectivity index (χ0) is 13.2. The van der Waals surface area contributed by atoms with Gasteiger partial charge in [0.25, 0.3) is 0 Å². The van der Waals surface area contributed by atoms with Crippen molar-refractivity contribution in [3.8, 4) is 17.2 Å². The van der Waals surface area contributed by atoms with Crippen LogP contribution >= 0.6 is 0 Å². The third-order valence-corrected chi connectivity index (χ3v) is 3.10. The molecule has 98 valence electrons. The highest BCUT2D eigenvalue weighted by molar-refractivity contribution is 5.43. The molecule has 0 amide bonds. The number of aromatic hydroxyl groups is 1. The van der Waals surface area contributed by atoms with E-state index >= 15 is 0 Å². The van der Waals surface area contributed by atoms with Crippen LogP contribution in [-0.4, -0.2) is 22.9 Å². The maximum absolute atomic E-state index is 10.3. The Labute approximate surface area is 110 Å². The monoisotopic (exact) mass is 258 g/mol. The van der Waals surface area contributed by atoms with Crippen molar-refractivity contribution in [2.45, 2.75) is 12.2 Å². The van der Waals surface area contributed by atoms with Crippen LogP contribution in [0, 0.1) is 0 Å². The molecule has 0 saturated heterocycles. The van der Waals surface area contributed by atoms with E-state index in [1.165, 1.54) is 12.1 Å². The Morgan fingerprint density at radius 2 is 1.89 bits per heavy atom. The van der Waals surface area contributed by atoms with Gasteiger partial charge in [-0.2, -0.15) is 0 Å².